The van der Waals surface area contributed by atoms with Gasteiger partial charge >= 0.3 is 0 Å². The Morgan fingerprint density at radius 2 is 1.69 bits per heavy atom. The number of hydrogen-bond acceptors (Lipinski definition) is 2. The summed E-state index contributed by atoms with van der Waals surface area (Å²) >= 11 is 5.85. The fourth-order valence-corrected chi connectivity index (χ4v) is 4.12. The number of imidazole rings is 2. The van der Waals surface area contributed by atoms with Crippen molar-refractivity contribution in [3.05, 3.63) is 101 Å². The lowest BCUT2D eigenvalue weighted by Crippen LogP contribution is -2.03. The number of hydrogen-bond donors (Lipinski definition) is 1. The van der Waals surface area contributed by atoms with Crippen LogP contribution >= 0.6 is 24.6 Å². The zero-order valence-electron chi connectivity index (χ0n) is 17.5. The van der Waals surface area contributed by atoms with Crippen molar-refractivity contribution in [2.24, 2.45) is 0 Å². The maximum Gasteiger partial charge on any atom is 0.184 e. The normalized spacial score (nSPS) is 10.9. The summed E-state index contributed by atoms with van der Waals surface area (Å²) in [4.78, 5) is 8.05. The molecule has 0 saturated heterocycles. The van der Waals surface area contributed by atoms with Gasteiger partial charge in [0.2, 0.25) is 0 Å². The van der Waals surface area contributed by atoms with Gasteiger partial charge in [0.05, 0.1) is 16.7 Å². The van der Waals surface area contributed by atoms with Crippen molar-refractivity contribution in [3.63, 3.8) is 0 Å². The number of benzene rings is 3. The molecule has 2 aromatic heterocycles. The molecule has 3 aromatic carbocycles. The molecule has 0 unspecified atom stereocenters. The minimum absolute atomic E-state index is 0. The number of rotatable bonds is 5. The number of nitrogens with zero attached hydrogens (tertiary/aromatic N) is 3. The van der Waals surface area contributed by atoms with Crippen molar-refractivity contribution in [3.8, 4) is 16.9 Å². The van der Waals surface area contributed by atoms with Crippen LogP contribution in [-0.2, 0) is 13.0 Å². The Balaban J connectivity index is 0.00000245. The van der Waals surface area contributed by atoms with E-state index in [1.54, 1.807) is 12.1 Å². The molecule has 0 aliphatic rings. The molecule has 2 heterocycles. The van der Waals surface area contributed by atoms with Gasteiger partial charge in [-0.3, -0.25) is 4.57 Å². The number of fused-ring (bicyclic) bond motifs is 1. The lowest BCUT2D eigenvalue weighted by Gasteiger charge is -2.09. The van der Waals surface area contributed by atoms with Crippen molar-refractivity contribution in [2.75, 3.05) is 0 Å². The first kappa shape index (κ1) is 22.0. The number of aromatic amines is 1. The first-order valence-corrected chi connectivity index (χ1v) is 10.6. The van der Waals surface area contributed by atoms with Crippen LogP contribution in [0.5, 0.6) is 0 Å². The molecule has 0 fully saturated rings. The topological polar surface area (TPSA) is 38.5 Å². The van der Waals surface area contributed by atoms with Crippen molar-refractivity contribution >= 4 is 35.7 Å². The number of nitrogens with one attached hydrogen (secondary N) is 1. The van der Waals surface area contributed by atoms with Gasteiger partial charge in [0, 0.05) is 30.4 Å². The number of para-hydroxylation sites is 2. The molecule has 0 bridgehead atoms. The summed E-state index contributed by atoms with van der Waals surface area (Å²) in [6.45, 7) is 2.74. The summed E-state index contributed by atoms with van der Waals surface area (Å²) in [6, 6.07) is 22.8. The van der Waals surface area contributed by atoms with E-state index in [0.717, 1.165) is 40.2 Å². The molecular weight excluding hydrogens is 443 g/mol. The van der Waals surface area contributed by atoms with Gasteiger partial charge in [-0.1, -0.05) is 29.8 Å². The third-order valence-electron chi connectivity index (χ3n) is 5.42. The predicted molar refractivity (Wildman–Crippen MR) is 132 cm³/mol. The van der Waals surface area contributed by atoms with Crippen LogP contribution in [0.1, 0.15) is 11.4 Å². The highest BCUT2D eigenvalue weighted by Gasteiger charge is 2.13. The van der Waals surface area contributed by atoms with E-state index in [9.17, 15) is 4.39 Å². The second-order valence-electron chi connectivity index (χ2n) is 7.62. The summed E-state index contributed by atoms with van der Waals surface area (Å²) < 4.78 is 18.3. The lowest BCUT2D eigenvalue weighted by molar-refractivity contribution is 0.628. The molecule has 4 nitrogen and oxygen atoms in total. The van der Waals surface area contributed by atoms with Crippen molar-refractivity contribution in [1.82, 2.24) is 19.1 Å². The van der Waals surface area contributed by atoms with Crippen molar-refractivity contribution in [1.29, 1.82) is 0 Å². The Bertz CT molecular complexity index is 1380. The van der Waals surface area contributed by atoms with E-state index in [-0.39, 0.29) is 18.2 Å². The zero-order valence-corrected chi connectivity index (χ0v) is 19.1. The smallest absolute Gasteiger partial charge is 0.184 e. The van der Waals surface area contributed by atoms with E-state index >= 15 is 0 Å². The van der Waals surface area contributed by atoms with Crippen LogP contribution in [0.4, 0.5) is 4.39 Å². The maximum atomic E-state index is 13.5. The quantitative estimate of drug-likeness (QED) is 0.295. The average Bonchev–Trinajstić information content (AvgIpc) is 3.34. The summed E-state index contributed by atoms with van der Waals surface area (Å²) in [5.41, 5.74) is 6.00. The fraction of sp³-hybridized carbons (Fsp3) is 0.120. The Morgan fingerprint density at radius 3 is 2.41 bits per heavy atom. The highest BCUT2D eigenvalue weighted by Crippen LogP contribution is 2.26. The minimum Gasteiger partial charge on any atom is -0.342 e. The second kappa shape index (κ2) is 9.10. The molecule has 0 amide bonds. The molecule has 0 radical (unpaired) electrons. The van der Waals surface area contributed by atoms with E-state index in [1.165, 1.54) is 17.7 Å². The van der Waals surface area contributed by atoms with Gasteiger partial charge in [-0.25, -0.2) is 9.37 Å². The van der Waals surface area contributed by atoms with Crippen LogP contribution in [0.15, 0.2) is 79.0 Å². The van der Waals surface area contributed by atoms with Gasteiger partial charge in [-0.05, 0) is 67.7 Å². The maximum absolute atomic E-state index is 13.5. The van der Waals surface area contributed by atoms with Crippen LogP contribution in [0.25, 0.3) is 28.0 Å². The van der Waals surface area contributed by atoms with Gasteiger partial charge in [0.1, 0.15) is 11.6 Å². The highest BCUT2D eigenvalue weighted by atomic mass is 35.5. The SMILES string of the molecule is Cc1ccc(-n2c(-c3ccc(F)cc3)cn(CCc3nc4ccccc4[nH]3)c2=S)cc1.Cl. The van der Waals surface area contributed by atoms with Gasteiger partial charge < -0.3 is 9.55 Å². The lowest BCUT2D eigenvalue weighted by atomic mass is 10.1. The van der Waals surface area contributed by atoms with E-state index < -0.39 is 0 Å². The summed E-state index contributed by atoms with van der Waals surface area (Å²) in [5, 5.41) is 0. The first-order valence-electron chi connectivity index (χ1n) is 10.2. The van der Waals surface area contributed by atoms with Crippen LogP contribution in [-0.4, -0.2) is 19.1 Å². The number of halogens is 2. The monoisotopic (exact) mass is 464 g/mol. The van der Waals surface area contributed by atoms with Crippen LogP contribution in [0, 0.1) is 17.5 Å². The molecule has 5 rings (SSSR count). The van der Waals surface area contributed by atoms with Gasteiger partial charge in [0.25, 0.3) is 0 Å². The zero-order chi connectivity index (χ0) is 21.4. The van der Waals surface area contributed by atoms with Gasteiger partial charge in [0.15, 0.2) is 4.77 Å². The Morgan fingerprint density at radius 1 is 0.969 bits per heavy atom. The summed E-state index contributed by atoms with van der Waals surface area (Å²) in [5.74, 6) is 0.670. The van der Waals surface area contributed by atoms with Crippen molar-refractivity contribution in [2.45, 2.75) is 19.9 Å². The molecule has 0 aliphatic carbocycles. The molecule has 32 heavy (non-hydrogen) atoms. The third kappa shape index (κ3) is 4.24. The molecule has 0 atom stereocenters. The highest BCUT2D eigenvalue weighted by molar-refractivity contribution is 7.71. The van der Waals surface area contributed by atoms with E-state index in [2.05, 4.69) is 45.7 Å². The second-order valence-corrected chi connectivity index (χ2v) is 7.98. The standard InChI is InChI=1S/C25H21FN4S.ClH/c1-17-6-12-20(13-7-17)30-23(18-8-10-19(26)11-9-18)16-29(25(30)31)15-14-24-27-21-4-2-3-5-22(21)28-24;/h2-13,16H,14-15H2,1H3,(H,27,28);1H. The molecule has 0 saturated carbocycles. The van der Waals surface area contributed by atoms with Gasteiger partial charge in [-0.15, -0.1) is 12.4 Å². The average molecular weight is 465 g/mol. The fourth-order valence-electron chi connectivity index (χ4n) is 3.77. The van der Waals surface area contributed by atoms with E-state index in [0.29, 0.717) is 11.3 Å². The van der Waals surface area contributed by atoms with Crippen LogP contribution in [0.2, 0.25) is 0 Å². The first-order chi connectivity index (χ1) is 15.1. The number of aromatic nitrogens is 4. The Hall–Kier alpha value is -3.22. The summed E-state index contributed by atoms with van der Waals surface area (Å²) in [6.07, 6.45) is 2.77. The van der Waals surface area contributed by atoms with E-state index in [1.807, 2.05) is 35.0 Å². The number of H-pyrrole nitrogens is 1. The molecule has 5 aromatic rings. The molecular formula is C25H22ClFN4S. The molecule has 162 valence electrons. The largest absolute Gasteiger partial charge is 0.342 e. The molecule has 7 heteroatoms. The van der Waals surface area contributed by atoms with E-state index in [4.69, 9.17) is 12.2 Å². The van der Waals surface area contributed by atoms with Gasteiger partial charge in [-0.2, -0.15) is 0 Å². The number of aryl methyl sites for hydroxylation is 3. The van der Waals surface area contributed by atoms with Crippen LogP contribution in [0.3, 0.4) is 0 Å². The Kier molecular flexibility index (Phi) is 6.26. The third-order valence-corrected chi connectivity index (χ3v) is 5.83. The molecule has 0 aliphatic heterocycles. The van der Waals surface area contributed by atoms with Crippen molar-refractivity contribution < 1.29 is 4.39 Å². The molecule has 0 spiro atoms. The minimum atomic E-state index is -0.256. The summed E-state index contributed by atoms with van der Waals surface area (Å²) in [7, 11) is 0. The predicted octanol–water partition coefficient (Wildman–Crippen LogP) is 6.66. The molecule has 1 N–H and O–H groups in total. The van der Waals surface area contributed by atoms with Crippen LogP contribution < -0.4 is 0 Å². The Labute approximate surface area is 196 Å².